The van der Waals surface area contributed by atoms with Crippen LogP contribution < -0.4 is 20.7 Å². The van der Waals surface area contributed by atoms with E-state index in [0.29, 0.717) is 0 Å². The van der Waals surface area contributed by atoms with Gasteiger partial charge in [-0.2, -0.15) is 0 Å². The Morgan fingerprint density at radius 3 is 0.740 bits per heavy atom. The van der Waals surface area contributed by atoms with E-state index in [1.54, 1.807) is 10.4 Å². The Labute approximate surface area is 855 Å². The summed E-state index contributed by atoms with van der Waals surface area (Å²) in [4.78, 5) is 0. The summed E-state index contributed by atoms with van der Waals surface area (Å²) in [7, 11) is -5.20. The van der Waals surface area contributed by atoms with Crippen molar-refractivity contribution < 1.29 is 8.83 Å². The first-order valence-corrected chi connectivity index (χ1v) is 57.9. The summed E-state index contributed by atoms with van der Waals surface area (Å²) in [6.45, 7) is 30.1. The monoisotopic (exact) mass is 1900 g/mol. The second-order valence-corrected chi connectivity index (χ2v) is 53.8. The highest BCUT2D eigenvalue weighted by Gasteiger charge is 2.51. The van der Waals surface area contributed by atoms with Gasteiger partial charge in [0.15, 0.2) is 0 Å². The molecule has 0 saturated heterocycles. The summed E-state index contributed by atoms with van der Waals surface area (Å²) in [5, 5.41) is 10.8. The maximum absolute atomic E-state index is 7.46. The van der Waals surface area contributed by atoms with E-state index in [0.717, 1.165) is 33.3 Å². The number of furan rings is 2. The Hall–Kier alpha value is -16.3. The highest BCUT2D eigenvalue weighted by Crippen LogP contribution is 2.60. The second kappa shape index (κ2) is 31.1. The molecule has 4 heteroatoms. The van der Waals surface area contributed by atoms with Gasteiger partial charge in [0.05, 0.1) is 0 Å². The Bertz CT molecular complexity index is 9640. The molecule has 0 amide bonds. The van der Waals surface area contributed by atoms with Crippen LogP contribution in [0.1, 0.15) is 99.9 Å². The molecule has 23 aromatic rings. The van der Waals surface area contributed by atoms with E-state index < -0.39 is 16.1 Å². The normalized spacial score (nSPS) is 15.0. The summed E-state index contributed by atoms with van der Waals surface area (Å²) in [6, 6.07) is 162. The van der Waals surface area contributed by atoms with Gasteiger partial charge in [0.2, 0.25) is 0 Å². The van der Waals surface area contributed by atoms with Crippen LogP contribution in [0, 0.1) is 0 Å². The first kappa shape index (κ1) is 86.3. The third-order valence-electron chi connectivity index (χ3n) is 35.0. The number of para-hydroxylation sites is 2. The highest BCUT2D eigenvalue weighted by atomic mass is 28.3. The van der Waals surface area contributed by atoms with E-state index in [-0.39, 0.29) is 21.7 Å². The second-order valence-electron chi connectivity index (χ2n) is 45.3. The molecule has 6 aliphatic rings. The highest BCUT2D eigenvalue weighted by molar-refractivity contribution is 7.13. The van der Waals surface area contributed by atoms with Crippen LogP contribution >= 0.6 is 0 Å². The summed E-state index contributed by atoms with van der Waals surface area (Å²) in [5.41, 5.74) is 58.5. The Balaban J connectivity index is 0.471. The Morgan fingerprint density at radius 2 is 0.390 bits per heavy atom. The lowest BCUT2D eigenvalue weighted by Gasteiger charge is -2.28. The zero-order valence-corrected chi connectivity index (χ0v) is 86.2. The lowest BCUT2D eigenvalue weighted by Crippen LogP contribution is -2.63. The summed E-state index contributed by atoms with van der Waals surface area (Å²) < 4.78 is 14.8. The number of fused-ring (bicyclic) bond motifs is 27. The van der Waals surface area contributed by atoms with Crippen LogP contribution in [0.15, 0.2) is 433 Å². The van der Waals surface area contributed by atoms with Gasteiger partial charge in [0.25, 0.3) is 0 Å². The van der Waals surface area contributed by atoms with Crippen molar-refractivity contribution in [2.45, 2.75) is 103 Å². The molecule has 4 heterocycles. The number of rotatable bonds is 12. The van der Waals surface area contributed by atoms with Crippen molar-refractivity contribution in [3.63, 3.8) is 0 Å². The van der Waals surface area contributed by atoms with Crippen LogP contribution in [0.3, 0.4) is 0 Å². The van der Waals surface area contributed by atoms with E-state index in [9.17, 15) is 0 Å². The van der Waals surface area contributed by atoms with Gasteiger partial charge in [-0.25, -0.2) is 0 Å². The molecule has 2 aliphatic heterocycles. The quantitative estimate of drug-likeness (QED) is 0.114. The average Bonchev–Trinajstić information content (AvgIpc) is 1.50. The SMILES string of the molecule is CC1(C)c2cc(-c3cc(-c4ccccc4)cc(-c4cccc(-c5ccccc5)c4)c3)ccc2-c2ccc(-c3ccc4c(c3)C(C)(C)c3cc(-c5cc6c(c7c5oc5ccccc57)-c5ccc7c(c5[Si]6(C)C)[Si](C)(C)c5cc(-c6ccc8c(c6)C(C)(C)c6cc(-c9ccc%10c(c9)C(C)(C)c9cc(-c%11cc(-c%12ccccc%12)cc(-c%12cccc(-c%13ccccc%13)c%12)c%11)ccc9-%10)ccc6-8)c6c(oc8ccccc86)c5-7)ccc3-4)cc21. The average molecular weight is 1900 g/mol. The predicted molar refractivity (Wildman–Crippen MR) is 621 cm³/mol. The predicted octanol–water partition coefficient (Wildman–Crippen LogP) is 36.3. The van der Waals surface area contributed by atoms with Crippen molar-refractivity contribution in [3.8, 4) is 200 Å². The van der Waals surface area contributed by atoms with E-state index >= 15 is 0 Å². The van der Waals surface area contributed by atoms with E-state index in [1.165, 1.54) is 266 Å². The fourth-order valence-corrected chi connectivity index (χ4v) is 35.7. The molecule has 4 aliphatic carbocycles. The van der Waals surface area contributed by atoms with Crippen molar-refractivity contribution in [2.24, 2.45) is 0 Å². The van der Waals surface area contributed by atoms with Crippen LogP contribution in [-0.4, -0.2) is 16.1 Å². The minimum atomic E-state index is -2.60. The molecule has 2 aromatic heterocycles. The summed E-state index contributed by atoms with van der Waals surface area (Å²) in [6.07, 6.45) is 0. The maximum Gasteiger partial charge on any atom is 0.143 e. The van der Waals surface area contributed by atoms with Crippen LogP contribution in [0.4, 0.5) is 0 Å². The lowest BCUT2D eigenvalue weighted by molar-refractivity contribution is 0.659. The lowest BCUT2D eigenvalue weighted by atomic mass is 9.79. The maximum atomic E-state index is 7.46. The first-order chi connectivity index (χ1) is 70.8. The summed E-state index contributed by atoms with van der Waals surface area (Å²) >= 11 is 0. The fourth-order valence-electron chi connectivity index (χ4n) is 27.3. The molecule has 0 spiro atoms. The number of benzene rings is 21. The number of hydrogen-bond acceptors (Lipinski definition) is 2. The molecule has 0 saturated carbocycles. The molecule has 694 valence electrons. The zero-order chi connectivity index (χ0) is 98.2. The standard InChI is InChI=1S/C142H106O2Si2/c1-139(2)119-73-91(47-55-105(119)109-59-51-95(77-123(109)139)103-69-99(85-35-21-15-22-36-85)67-101(71-103)89-41-29-39-87(65-89)83-31-17-13-18-32-83)93-49-57-107-111-61-53-97(79-125(111)141(5,6)121(107)75-93)117-81-130-133(136-131(117)113-43-25-27-45-127(113)144-136)116-64-63-115-132-129(145(9,10)137(115)138(116)146(130,11)12)82-118(135-134(132)114-44-26-28-46-128(114)143-135)98-54-62-112-108-58-50-94(76-122(108)142(7,8)126(112)80-98)92-48-56-106-110-60-52-96(78-124(110)140(3,4)120(106)74-92)104-70-100(86-37-23-16-24-38-86)68-102(72-104)90-42-30-40-88(66-90)84-33-19-14-20-34-84/h13-82H,1-12H3. The van der Waals surface area contributed by atoms with Crippen molar-refractivity contribution in [2.75, 3.05) is 0 Å². The van der Waals surface area contributed by atoms with E-state index in [4.69, 9.17) is 8.83 Å². The number of hydrogen-bond donors (Lipinski definition) is 0. The largest absolute Gasteiger partial charge is 0.455 e. The third-order valence-corrected chi connectivity index (χ3v) is 42.3. The molecule has 29 rings (SSSR count). The van der Waals surface area contributed by atoms with Gasteiger partial charge < -0.3 is 8.83 Å². The molecular weight excluding hydrogens is 1790 g/mol. The third kappa shape index (κ3) is 12.6. The van der Waals surface area contributed by atoms with Crippen LogP contribution in [-0.2, 0) is 21.7 Å². The van der Waals surface area contributed by atoms with Crippen LogP contribution in [0.25, 0.3) is 244 Å². The molecule has 0 atom stereocenters. The minimum Gasteiger partial charge on any atom is -0.455 e. The molecule has 2 nitrogen and oxygen atoms in total. The summed E-state index contributed by atoms with van der Waals surface area (Å²) in [5.74, 6) is 0. The van der Waals surface area contributed by atoms with Gasteiger partial charge in [-0.3, -0.25) is 0 Å². The minimum absolute atomic E-state index is 0.252. The smallest absolute Gasteiger partial charge is 0.143 e. The van der Waals surface area contributed by atoms with Gasteiger partial charge in [0, 0.05) is 54.3 Å². The van der Waals surface area contributed by atoms with Crippen molar-refractivity contribution >= 4 is 80.8 Å². The topological polar surface area (TPSA) is 26.3 Å². The van der Waals surface area contributed by atoms with Gasteiger partial charge in [0.1, 0.15) is 38.5 Å². The molecule has 0 bridgehead atoms. The first-order valence-electron chi connectivity index (χ1n) is 51.9. The zero-order valence-electron chi connectivity index (χ0n) is 84.2. The van der Waals surface area contributed by atoms with Crippen molar-refractivity contribution in [3.05, 3.63) is 469 Å². The van der Waals surface area contributed by atoms with E-state index in [1.807, 2.05) is 0 Å². The molecule has 0 N–H and O–H groups in total. The van der Waals surface area contributed by atoms with E-state index in [2.05, 4.69) is 506 Å². The van der Waals surface area contributed by atoms with Crippen molar-refractivity contribution in [1.82, 2.24) is 0 Å². The molecule has 0 unspecified atom stereocenters. The molecule has 146 heavy (non-hydrogen) atoms. The van der Waals surface area contributed by atoms with Gasteiger partial charge in [-0.15, -0.1) is 0 Å². The van der Waals surface area contributed by atoms with Crippen LogP contribution in [0.2, 0.25) is 26.2 Å². The Morgan fingerprint density at radius 1 is 0.164 bits per heavy atom. The van der Waals surface area contributed by atoms with Gasteiger partial charge in [-0.1, -0.05) is 397 Å². The molecular formula is C142H106O2Si2. The van der Waals surface area contributed by atoms with Gasteiger partial charge >= 0.3 is 0 Å². The van der Waals surface area contributed by atoms with Gasteiger partial charge in [-0.05, 0) is 364 Å². The molecule has 21 aromatic carbocycles. The van der Waals surface area contributed by atoms with Crippen LogP contribution in [0.5, 0.6) is 0 Å². The fraction of sp³-hybridized carbons (Fsp3) is 0.113. The van der Waals surface area contributed by atoms with Crippen molar-refractivity contribution in [1.29, 1.82) is 0 Å². The Kier molecular flexibility index (Phi) is 18.4. The molecule has 0 fully saturated rings. The molecule has 0 radical (unpaired) electrons.